The summed E-state index contributed by atoms with van der Waals surface area (Å²) in [5.41, 5.74) is -0.402. The summed E-state index contributed by atoms with van der Waals surface area (Å²) < 4.78 is 10.6. The van der Waals surface area contributed by atoms with E-state index < -0.39 is 5.60 Å². The Morgan fingerprint density at radius 3 is 2.53 bits per heavy atom. The molecule has 5 heteroatoms. The Labute approximate surface area is 102 Å². The van der Waals surface area contributed by atoms with Gasteiger partial charge in [0, 0.05) is 18.6 Å². The molecule has 0 aromatic rings. The molecule has 98 valence electrons. The Kier molecular flexibility index (Phi) is 3.32. The number of nitrogens with zero attached hydrogens (tertiary/aromatic N) is 1. The summed E-state index contributed by atoms with van der Waals surface area (Å²) in [7, 11) is 0. The second kappa shape index (κ2) is 4.46. The minimum absolute atomic E-state index is 0.0785. The van der Waals surface area contributed by atoms with E-state index in [1.165, 1.54) is 5.06 Å². The van der Waals surface area contributed by atoms with Crippen molar-refractivity contribution in [2.45, 2.75) is 39.2 Å². The first-order valence-electron chi connectivity index (χ1n) is 6.12. The SMILES string of the molecule is CC(C)(C)OC(=O)N1CC2(CCOCC2)CO1. The highest BCUT2D eigenvalue weighted by atomic mass is 16.7. The van der Waals surface area contributed by atoms with E-state index in [1.807, 2.05) is 20.8 Å². The van der Waals surface area contributed by atoms with Gasteiger partial charge in [-0.3, -0.25) is 4.84 Å². The summed E-state index contributed by atoms with van der Waals surface area (Å²) >= 11 is 0. The van der Waals surface area contributed by atoms with Crippen LogP contribution >= 0.6 is 0 Å². The molecule has 2 saturated heterocycles. The Balaban J connectivity index is 1.91. The maximum Gasteiger partial charge on any atom is 0.434 e. The molecule has 2 aliphatic rings. The number of carbonyl (C=O) groups is 1. The van der Waals surface area contributed by atoms with Crippen molar-refractivity contribution in [3.05, 3.63) is 0 Å². The monoisotopic (exact) mass is 243 g/mol. The molecule has 0 atom stereocenters. The number of amides is 1. The number of hydrogen-bond acceptors (Lipinski definition) is 4. The lowest BCUT2D eigenvalue weighted by atomic mass is 9.82. The van der Waals surface area contributed by atoms with Gasteiger partial charge in [-0.05, 0) is 33.6 Å². The molecule has 17 heavy (non-hydrogen) atoms. The van der Waals surface area contributed by atoms with Crippen molar-refractivity contribution in [1.29, 1.82) is 0 Å². The van der Waals surface area contributed by atoms with Crippen molar-refractivity contribution >= 4 is 6.09 Å². The van der Waals surface area contributed by atoms with Crippen molar-refractivity contribution in [2.75, 3.05) is 26.4 Å². The molecule has 0 N–H and O–H groups in total. The maximum atomic E-state index is 11.8. The molecule has 0 aliphatic carbocycles. The molecular formula is C12H21NO4. The van der Waals surface area contributed by atoms with Gasteiger partial charge < -0.3 is 9.47 Å². The Hall–Kier alpha value is -0.810. The van der Waals surface area contributed by atoms with Gasteiger partial charge in [-0.1, -0.05) is 0 Å². The Morgan fingerprint density at radius 2 is 1.94 bits per heavy atom. The van der Waals surface area contributed by atoms with Gasteiger partial charge in [-0.25, -0.2) is 4.79 Å². The zero-order valence-electron chi connectivity index (χ0n) is 10.8. The first kappa shape index (κ1) is 12.6. The fourth-order valence-corrected chi connectivity index (χ4v) is 2.15. The van der Waals surface area contributed by atoms with Gasteiger partial charge in [0.15, 0.2) is 0 Å². The standard InChI is InChI=1S/C12H21NO4/c1-11(2,3)17-10(14)13-8-12(9-16-13)4-6-15-7-5-12/h4-9H2,1-3H3. The molecule has 2 rings (SSSR count). The van der Waals surface area contributed by atoms with Gasteiger partial charge in [0.25, 0.3) is 0 Å². The summed E-state index contributed by atoms with van der Waals surface area (Å²) in [6.45, 7) is 8.28. The zero-order chi connectivity index (χ0) is 12.5. The predicted octanol–water partition coefficient (Wildman–Crippen LogP) is 1.97. The van der Waals surface area contributed by atoms with Crippen molar-refractivity contribution in [3.8, 4) is 0 Å². The Bertz CT molecular complexity index is 291. The Morgan fingerprint density at radius 1 is 1.29 bits per heavy atom. The topological polar surface area (TPSA) is 48.0 Å². The molecule has 5 nitrogen and oxygen atoms in total. The van der Waals surface area contributed by atoms with Crippen LogP contribution in [0.2, 0.25) is 0 Å². The van der Waals surface area contributed by atoms with Crippen LogP contribution in [0.15, 0.2) is 0 Å². The summed E-state index contributed by atoms with van der Waals surface area (Å²) in [4.78, 5) is 17.3. The highest BCUT2D eigenvalue weighted by Crippen LogP contribution is 2.36. The van der Waals surface area contributed by atoms with Crippen LogP contribution in [0, 0.1) is 5.41 Å². The number of hydrogen-bond donors (Lipinski definition) is 0. The van der Waals surface area contributed by atoms with Crippen LogP contribution in [0.5, 0.6) is 0 Å². The van der Waals surface area contributed by atoms with Gasteiger partial charge in [0.2, 0.25) is 0 Å². The van der Waals surface area contributed by atoms with E-state index >= 15 is 0 Å². The van der Waals surface area contributed by atoms with Crippen LogP contribution in [0.25, 0.3) is 0 Å². The van der Waals surface area contributed by atoms with Gasteiger partial charge in [-0.2, -0.15) is 5.06 Å². The third kappa shape index (κ3) is 3.10. The minimum Gasteiger partial charge on any atom is -0.442 e. The zero-order valence-corrected chi connectivity index (χ0v) is 10.8. The quantitative estimate of drug-likeness (QED) is 0.652. The van der Waals surface area contributed by atoms with E-state index in [1.54, 1.807) is 0 Å². The largest absolute Gasteiger partial charge is 0.442 e. The summed E-state index contributed by atoms with van der Waals surface area (Å²) in [6.07, 6.45) is 1.51. The molecule has 0 aromatic carbocycles. The molecular weight excluding hydrogens is 222 g/mol. The van der Waals surface area contributed by atoms with Crippen molar-refractivity contribution < 1.29 is 19.1 Å². The summed E-state index contributed by atoms with van der Waals surface area (Å²) in [6, 6.07) is 0. The molecule has 0 unspecified atom stereocenters. The normalized spacial score (nSPS) is 24.1. The van der Waals surface area contributed by atoms with Gasteiger partial charge in [-0.15, -0.1) is 0 Å². The van der Waals surface area contributed by atoms with Gasteiger partial charge in [0.05, 0.1) is 13.2 Å². The molecule has 0 aromatic heterocycles. The van der Waals surface area contributed by atoms with E-state index in [-0.39, 0.29) is 11.5 Å². The highest BCUT2D eigenvalue weighted by Gasteiger charge is 2.43. The van der Waals surface area contributed by atoms with Gasteiger partial charge >= 0.3 is 6.09 Å². The fourth-order valence-electron chi connectivity index (χ4n) is 2.15. The molecule has 2 fully saturated rings. The van der Waals surface area contributed by atoms with E-state index in [9.17, 15) is 4.79 Å². The molecule has 0 saturated carbocycles. The van der Waals surface area contributed by atoms with Crippen LogP contribution in [-0.4, -0.2) is 43.1 Å². The second-order valence-electron chi connectivity index (χ2n) is 5.90. The second-order valence-corrected chi connectivity index (χ2v) is 5.90. The third-order valence-corrected chi connectivity index (χ3v) is 3.16. The summed E-state index contributed by atoms with van der Waals surface area (Å²) in [5, 5.41) is 1.36. The first-order valence-corrected chi connectivity index (χ1v) is 6.12. The smallest absolute Gasteiger partial charge is 0.434 e. The molecule has 0 radical (unpaired) electrons. The van der Waals surface area contributed by atoms with Gasteiger partial charge in [0.1, 0.15) is 5.60 Å². The lowest BCUT2D eigenvalue weighted by Gasteiger charge is -2.31. The van der Waals surface area contributed by atoms with E-state index in [0.717, 1.165) is 26.1 Å². The fraction of sp³-hybridized carbons (Fsp3) is 0.917. The molecule has 2 heterocycles. The van der Waals surface area contributed by atoms with E-state index in [2.05, 4.69) is 0 Å². The number of rotatable bonds is 0. The van der Waals surface area contributed by atoms with Crippen LogP contribution in [-0.2, 0) is 14.3 Å². The van der Waals surface area contributed by atoms with Crippen molar-refractivity contribution in [1.82, 2.24) is 5.06 Å². The molecule has 2 aliphatic heterocycles. The van der Waals surface area contributed by atoms with Crippen LogP contribution in [0.4, 0.5) is 4.79 Å². The summed E-state index contributed by atoms with van der Waals surface area (Å²) in [5.74, 6) is 0. The minimum atomic E-state index is -0.480. The first-order chi connectivity index (χ1) is 7.90. The number of ether oxygens (including phenoxy) is 2. The lowest BCUT2D eigenvalue weighted by molar-refractivity contribution is -0.108. The van der Waals surface area contributed by atoms with Crippen LogP contribution in [0.3, 0.4) is 0 Å². The third-order valence-electron chi connectivity index (χ3n) is 3.16. The average Bonchev–Trinajstić information content (AvgIpc) is 2.61. The van der Waals surface area contributed by atoms with Crippen molar-refractivity contribution in [2.24, 2.45) is 5.41 Å². The van der Waals surface area contributed by atoms with Crippen molar-refractivity contribution in [3.63, 3.8) is 0 Å². The average molecular weight is 243 g/mol. The molecule has 1 amide bonds. The van der Waals surface area contributed by atoms with Crippen LogP contribution < -0.4 is 0 Å². The molecule has 0 bridgehead atoms. The highest BCUT2D eigenvalue weighted by molar-refractivity contribution is 5.67. The van der Waals surface area contributed by atoms with E-state index in [0.29, 0.717) is 13.2 Å². The number of hydroxylamine groups is 2. The predicted molar refractivity (Wildman–Crippen MR) is 61.4 cm³/mol. The molecule has 1 spiro atoms. The maximum absolute atomic E-state index is 11.8. The lowest BCUT2D eigenvalue weighted by Crippen LogP contribution is -2.38. The van der Waals surface area contributed by atoms with Crippen LogP contribution in [0.1, 0.15) is 33.6 Å². The van der Waals surface area contributed by atoms with E-state index in [4.69, 9.17) is 14.3 Å². The number of carbonyl (C=O) groups excluding carboxylic acids is 1.